The van der Waals surface area contributed by atoms with Crippen molar-refractivity contribution in [1.82, 2.24) is 5.32 Å². The van der Waals surface area contributed by atoms with Gasteiger partial charge in [-0.05, 0) is 42.2 Å². The molecule has 0 saturated carbocycles. The molecule has 0 heterocycles. The van der Waals surface area contributed by atoms with Crippen LogP contribution in [0.5, 0.6) is 0 Å². The summed E-state index contributed by atoms with van der Waals surface area (Å²) in [7, 11) is 0. The van der Waals surface area contributed by atoms with Gasteiger partial charge >= 0.3 is 11.8 Å². The molecule has 0 bridgehead atoms. The highest BCUT2D eigenvalue weighted by Crippen LogP contribution is 2.18. The Morgan fingerprint density at radius 2 is 1.41 bits per heavy atom. The lowest BCUT2D eigenvalue weighted by atomic mass is 10.0. The number of anilines is 1. The van der Waals surface area contributed by atoms with Crippen LogP contribution in [-0.4, -0.2) is 11.8 Å². The second kappa shape index (κ2) is 9.69. The number of amides is 2. The van der Waals surface area contributed by atoms with Gasteiger partial charge in [-0.15, -0.1) is 0 Å². The molecular weight excluding hydrogens is 360 g/mol. The van der Waals surface area contributed by atoms with Crippen LogP contribution in [0, 0.1) is 0 Å². The molecule has 29 heavy (non-hydrogen) atoms. The number of hydrogen-bond acceptors (Lipinski definition) is 2. The molecule has 4 heteroatoms. The molecule has 3 rings (SSSR count). The Morgan fingerprint density at radius 1 is 0.828 bits per heavy atom. The van der Waals surface area contributed by atoms with Crippen LogP contribution in [0.3, 0.4) is 0 Å². The lowest BCUT2D eigenvalue weighted by Crippen LogP contribution is -2.43. The number of nitrogens with one attached hydrogen (secondary N) is 1. The van der Waals surface area contributed by atoms with Crippen molar-refractivity contribution in [2.45, 2.75) is 32.9 Å². The van der Waals surface area contributed by atoms with Crippen LogP contribution in [0.25, 0.3) is 0 Å². The average Bonchev–Trinajstić information content (AvgIpc) is 2.78. The smallest absolute Gasteiger partial charge is 0.316 e. The van der Waals surface area contributed by atoms with Crippen molar-refractivity contribution in [3.63, 3.8) is 0 Å². The number of para-hydroxylation sites is 1. The molecule has 0 radical (unpaired) electrons. The molecule has 0 saturated heterocycles. The molecule has 1 unspecified atom stereocenters. The van der Waals surface area contributed by atoms with Gasteiger partial charge in [0.1, 0.15) is 0 Å². The van der Waals surface area contributed by atoms with E-state index in [1.54, 1.807) is 0 Å². The van der Waals surface area contributed by atoms with Crippen LogP contribution < -0.4 is 10.2 Å². The van der Waals surface area contributed by atoms with E-state index in [0.717, 1.165) is 17.5 Å². The van der Waals surface area contributed by atoms with Gasteiger partial charge in [-0.1, -0.05) is 79.7 Å². The Kier molecular flexibility index (Phi) is 6.80. The van der Waals surface area contributed by atoms with Crippen LogP contribution in [0.4, 0.5) is 5.69 Å². The minimum atomic E-state index is -0.614. The maximum Gasteiger partial charge on any atom is 0.316 e. The maximum atomic E-state index is 13.0. The molecule has 0 aliphatic heterocycles. The van der Waals surface area contributed by atoms with E-state index in [4.69, 9.17) is 0 Å². The van der Waals surface area contributed by atoms with Crippen LogP contribution in [0.1, 0.15) is 36.6 Å². The van der Waals surface area contributed by atoms with E-state index < -0.39 is 11.8 Å². The summed E-state index contributed by atoms with van der Waals surface area (Å²) in [6, 6.07) is 26.7. The van der Waals surface area contributed by atoms with Gasteiger partial charge in [-0.2, -0.15) is 0 Å². The number of aryl methyl sites for hydroxylation is 1. The standard InChI is InChI=1S/C25H26N2O2/c1-3-20-14-16-22(17-15-20)19(2)26-24(28)25(29)27(23-12-8-5-9-13-23)18-21-10-6-4-7-11-21/h4-17,19H,3,18H2,1-2H3,(H,26,28). The number of carbonyl (C=O) groups is 2. The van der Waals surface area contributed by atoms with E-state index >= 15 is 0 Å². The molecule has 3 aromatic rings. The van der Waals surface area contributed by atoms with E-state index in [0.29, 0.717) is 12.2 Å². The van der Waals surface area contributed by atoms with Crippen LogP contribution in [-0.2, 0) is 22.6 Å². The first-order valence-electron chi connectivity index (χ1n) is 9.88. The van der Waals surface area contributed by atoms with Gasteiger partial charge < -0.3 is 5.32 Å². The SMILES string of the molecule is CCc1ccc(C(C)NC(=O)C(=O)N(Cc2ccccc2)c2ccccc2)cc1. The van der Waals surface area contributed by atoms with Gasteiger partial charge in [0.15, 0.2) is 0 Å². The van der Waals surface area contributed by atoms with Gasteiger partial charge in [-0.3, -0.25) is 14.5 Å². The molecule has 0 aliphatic carbocycles. The molecule has 0 fully saturated rings. The third-order valence-corrected chi connectivity index (χ3v) is 4.93. The summed E-state index contributed by atoms with van der Waals surface area (Å²) in [6.07, 6.45) is 0.963. The first-order valence-corrected chi connectivity index (χ1v) is 9.88. The van der Waals surface area contributed by atoms with E-state index in [1.807, 2.05) is 91.9 Å². The molecule has 148 valence electrons. The summed E-state index contributed by atoms with van der Waals surface area (Å²) in [5.41, 5.74) is 3.86. The molecule has 4 nitrogen and oxygen atoms in total. The molecule has 0 aromatic heterocycles. The minimum absolute atomic E-state index is 0.258. The molecule has 2 amide bonds. The first-order chi connectivity index (χ1) is 14.1. The molecular formula is C25H26N2O2. The van der Waals surface area contributed by atoms with Crippen molar-refractivity contribution in [3.05, 3.63) is 102 Å². The molecule has 0 aliphatic rings. The predicted molar refractivity (Wildman–Crippen MR) is 116 cm³/mol. The highest BCUT2D eigenvalue weighted by Gasteiger charge is 2.25. The van der Waals surface area contributed by atoms with Gasteiger partial charge in [0, 0.05) is 5.69 Å². The summed E-state index contributed by atoms with van der Waals surface area (Å²) < 4.78 is 0. The molecule has 0 spiro atoms. The zero-order chi connectivity index (χ0) is 20.6. The summed E-state index contributed by atoms with van der Waals surface area (Å²) in [5.74, 6) is -1.19. The summed E-state index contributed by atoms with van der Waals surface area (Å²) >= 11 is 0. The molecule has 1 N–H and O–H groups in total. The van der Waals surface area contributed by atoms with Crippen molar-refractivity contribution < 1.29 is 9.59 Å². The van der Waals surface area contributed by atoms with Gasteiger partial charge in [0.05, 0.1) is 12.6 Å². The number of rotatable bonds is 6. The first kappa shape index (κ1) is 20.3. The largest absolute Gasteiger partial charge is 0.341 e. The Balaban J connectivity index is 1.76. The lowest BCUT2D eigenvalue weighted by molar-refractivity contribution is -0.138. The fourth-order valence-electron chi connectivity index (χ4n) is 3.16. The van der Waals surface area contributed by atoms with Crippen molar-refractivity contribution in [3.8, 4) is 0 Å². The third kappa shape index (κ3) is 5.32. The predicted octanol–water partition coefficient (Wildman–Crippen LogP) is 4.66. The van der Waals surface area contributed by atoms with Crippen LogP contribution >= 0.6 is 0 Å². The fourth-order valence-corrected chi connectivity index (χ4v) is 3.16. The topological polar surface area (TPSA) is 49.4 Å². The van der Waals surface area contributed by atoms with E-state index in [2.05, 4.69) is 12.2 Å². The van der Waals surface area contributed by atoms with Gasteiger partial charge in [0.25, 0.3) is 0 Å². The normalized spacial score (nSPS) is 11.5. The Morgan fingerprint density at radius 3 is 2.00 bits per heavy atom. The van der Waals surface area contributed by atoms with Crippen LogP contribution in [0.2, 0.25) is 0 Å². The second-order valence-electron chi connectivity index (χ2n) is 7.00. The summed E-state index contributed by atoms with van der Waals surface area (Å²) in [6.45, 7) is 4.32. The third-order valence-electron chi connectivity index (χ3n) is 4.93. The Labute approximate surface area is 172 Å². The van der Waals surface area contributed by atoms with E-state index in [1.165, 1.54) is 10.5 Å². The van der Waals surface area contributed by atoms with Crippen molar-refractivity contribution in [2.24, 2.45) is 0 Å². The maximum absolute atomic E-state index is 13.0. The summed E-state index contributed by atoms with van der Waals surface area (Å²) in [4.78, 5) is 27.3. The van der Waals surface area contributed by atoms with Gasteiger partial charge in [0.2, 0.25) is 0 Å². The highest BCUT2D eigenvalue weighted by atomic mass is 16.2. The van der Waals surface area contributed by atoms with Gasteiger partial charge in [-0.25, -0.2) is 0 Å². The monoisotopic (exact) mass is 386 g/mol. The highest BCUT2D eigenvalue weighted by molar-refractivity contribution is 6.40. The lowest BCUT2D eigenvalue weighted by Gasteiger charge is -2.23. The van der Waals surface area contributed by atoms with Crippen molar-refractivity contribution >= 4 is 17.5 Å². The zero-order valence-electron chi connectivity index (χ0n) is 16.8. The Bertz CT molecular complexity index is 938. The number of benzene rings is 3. The summed E-state index contributed by atoms with van der Waals surface area (Å²) in [5, 5.41) is 2.84. The molecule has 1 atom stereocenters. The van der Waals surface area contributed by atoms with Crippen LogP contribution in [0.15, 0.2) is 84.9 Å². The number of hydrogen-bond donors (Lipinski definition) is 1. The molecule has 3 aromatic carbocycles. The number of nitrogens with zero attached hydrogens (tertiary/aromatic N) is 1. The average molecular weight is 386 g/mol. The van der Waals surface area contributed by atoms with Crippen molar-refractivity contribution in [2.75, 3.05) is 4.90 Å². The quantitative estimate of drug-likeness (QED) is 0.627. The Hall–Kier alpha value is -3.40. The fraction of sp³-hybridized carbons (Fsp3) is 0.200. The minimum Gasteiger partial charge on any atom is -0.341 e. The van der Waals surface area contributed by atoms with E-state index in [9.17, 15) is 9.59 Å². The zero-order valence-corrected chi connectivity index (χ0v) is 16.8. The van der Waals surface area contributed by atoms with E-state index in [-0.39, 0.29) is 6.04 Å². The second-order valence-corrected chi connectivity index (χ2v) is 7.00. The van der Waals surface area contributed by atoms with Crippen molar-refractivity contribution in [1.29, 1.82) is 0 Å². The number of carbonyl (C=O) groups excluding carboxylic acids is 2.